The predicted octanol–water partition coefficient (Wildman–Crippen LogP) is -0.873. The number of aliphatic imine (C=N–C) groups is 1. The predicted molar refractivity (Wildman–Crippen MR) is 109 cm³/mol. The minimum Gasteiger partial charge on any atom is -0.399 e. The largest absolute Gasteiger partial charge is 0.399 e. The maximum Gasteiger partial charge on any atom is 0.231 e. The van der Waals surface area contributed by atoms with Crippen LogP contribution in [0.3, 0.4) is 0 Å². The van der Waals surface area contributed by atoms with E-state index in [1.165, 1.54) is 0 Å². The molecular weight excluding hydrogens is 364 g/mol. The summed E-state index contributed by atoms with van der Waals surface area (Å²) in [7, 11) is 0. The zero-order valence-electron chi connectivity index (χ0n) is 16.0. The first-order chi connectivity index (χ1) is 13.6. The zero-order valence-corrected chi connectivity index (χ0v) is 16.0. The van der Waals surface area contributed by atoms with Crippen molar-refractivity contribution in [2.45, 2.75) is 0 Å². The van der Waals surface area contributed by atoms with E-state index in [9.17, 15) is 4.79 Å². The summed E-state index contributed by atoms with van der Waals surface area (Å²) in [4.78, 5) is 14.7. The van der Waals surface area contributed by atoms with E-state index < -0.39 is 0 Å². The van der Waals surface area contributed by atoms with Crippen LogP contribution in [0.4, 0.5) is 5.69 Å². The van der Waals surface area contributed by atoms with Gasteiger partial charge in [-0.05, 0) is 12.1 Å². The quantitative estimate of drug-likeness (QED) is 0.0931. The summed E-state index contributed by atoms with van der Waals surface area (Å²) in [6, 6.07) is 7.23. The van der Waals surface area contributed by atoms with Crippen molar-refractivity contribution in [2.24, 2.45) is 21.7 Å². The topological polar surface area (TPSA) is 160 Å². The maximum absolute atomic E-state index is 10.5. The molecule has 0 fully saturated rings. The molecular formula is C18H30N6O4. The summed E-state index contributed by atoms with van der Waals surface area (Å²) in [5, 5.41) is 6.58. The fourth-order valence-electron chi connectivity index (χ4n) is 2.00. The fourth-order valence-corrected chi connectivity index (χ4v) is 2.00. The molecule has 0 atom stereocenters. The number of carbonyl (C=O) groups is 1. The summed E-state index contributed by atoms with van der Waals surface area (Å²) in [5.74, 6) is 5.01. The van der Waals surface area contributed by atoms with Crippen molar-refractivity contribution >= 4 is 23.5 Å². The summed E-state index contributed by atoms with van der Waals surface area (Å²) < 4.78 is 16.1. The molecule has 0 saturated heterocycles. The highest BCUT2D eigenvalue weighted by molar-refractivity contribution is 6.38. The highest BCUT2D eigenvalue weighted by atomic mass is 16.5. The normalized spacial score (nSPS) is 11.9. The first-order valence-electron chi connectivity index (χ1n) is 8.99. The van der Waals surface area contributed by atoms with Crippen LogP contribution >= 0.6 is 0 Å². The van der Waals surface area contributed by atoms with E-state index in [1.807, 2.05) is 12.1 Å². The molecule has 0 bridgehead atoms. The van der Waals surface area contributed by atoms with E-state index in [1.54, 1.807) is 18.3 Å². The molecule has 0 saturated carbocycles. The number of primary amides is 1. The van der Waals surface area contributed by atoms with Gasteiger partial charge in [-0.3, -0.25) is 9.79 Å². The Balaban J connectivity index is 1.95. The lowest BCUT2D eigenvalue weighted by Crippen LogP contribution is -2.31. The number of nitrogens with two attached hydrogens (primary N) is 3. The Bertz CT molecular complexity index is 607. The Kier molecular flexibility index (Phi) is 13.0. The van der Waals surface area contributed by atoms with Gasteiger partial charge in [-0.1, -0.05) is 12.1 Å². The molecule has 28 heavy (non-hydrogen) atoms. The molecule has 0 unspecified atom stereocenters. The average molecular weight is 394 g/mol. The van der Waals surface area contributed by atoms with Gasteiger partial charge in [-0.25, -0.2) is 0 Å². The number of nitrogen functional groups attached to an aromatic ring is 1. The molecule has 10 nitrogen and oxygen atoms in total. The summed E-state index contributed by atoms with van der Waals surface area (Å²) in [6.45, 7) is 4.11. The van der Waals surface area contributed by atoms with Crippen LogP contribution in [0.2, 0.25) is 0 Å². The first kappa shape index (κ1) is 23.5. The van der Waals surface area contributed by atoms with E-state index in [0.29, 0.717) is 64.1 Å². The molecule has 0 aliphatic heterocycles. The van der Waals surface area contributed by atoms with Gasteiger partial charge in [-0.2, -0.15) is 5.10 Å². The van der Waals surface area contributed by atoms with Gasteiger partial charge in [0.15, 0.2) is 0 Å². The molecule has 0 aliphatic rings. The third-order valence-corrected chi connectivity index (χ3v) is 3.39. The molecule has 156 valence electrons. The lowest BCUT2D eigenvalue weighted by Gasteiger charge is -2.06. The number of rotatable bonds is 16. The third kappa shape index (κ3) is 12.0. The maximum atomic E-state index is 10.5. The van der Waals surface area contributed by atoms with Crippen LogP contribution in [0.15, 0.2) is 34.4 Å². The summed E-state index contributed by atoms with van der Waals surface area (Å²) >= 11 is 0. The number of ether oxygens (including phenoxy) is 3. The van der Waals surface area contributed by atoms with Gasteiger partial charge in [0.1, 0.15) is 5.71 Å². The van der Waals surface area contributed by atoms with E-state index in [4.69, 9.17) is 31.5 Å². The molecule has 1 aromatic rings. The van der Waals surface area contributed by atoms with E-state index in [0.717, 1.165) is 5.56 Å². The SMILES string of the molecule is N/N=C(\C=NCCOCCOCCOCCNCC(N)=O)c1ccc(N)cc1. The first-order valence-corrected chi connectivity index (χ1v) is 8.99. The van der Waals surface area contributed by atoms with Crippen molar-refractivity contribution in [3.8, 4) is 0 Å². The lowest BCUT2D eigenvalue weighted by molar-refractivity contribution is -0.117. The second kappa shape index (κ2) is 15.5. The number of amides is 1. The second-order valence-electron chi connectivity index (χ2n) is 5.65. The monoisotopic (exact) mass is 394 g/mol. The Morgan fingerprint density at radius 3 is 2.21 bits per heavy atom. The molecule has 0 aliphatic carbocycles. The van der Waals surface area contributed by atoms with Gasteiger partial charge < -0.3 is 36.8 Å². The number of anilines is 1. The van der Waals surface area contributed by atoms with Crippen LogP contribution in [0.5, 0.6) is 0 Å². The molecule has 1 rings (SSSR count). The Hall–Kier alpha value is -2.53. The van der Waals surface area contributed by atoms with Crippen LogP contribution in [0, 0.1) is 0 Å². The van der Waals surface area contributed by atoms with Gasteiger partial charge >= 0.3 is 0 Å². The van der Waals surface area contributed by atoms with Crippen LogP contribution < -0.4 is 22.6 Å². The zero-order chi connectivity index (χ0) is 20.5. The van der Waals surface area contributed by atoms with Gasteiger partial charge in [0.05, 0.1) is 52.7 Å². The van der Waals surface area contributed by atoms with E-state index in [2.05, 4.69) is 15.4 Å². The smallest absolute Gasteiger partial charge is 0.231 e. The lowest BCUT2D eigenvalue weighted by atomic mass is 10.1. The average Bonchev–Trinajstić information content (AvgIpc) is 2.68. The van der Waals surface area contributed by atoms with Crippen LogP contribution in [0.1, 0.15) is 5.56 Å². The number of hydrogen-bond acceptors (Lipinski definition) is 9. The number of nitrogens with zero attached hydrogens (tertiary/aromatic N) is 2. The molecule has 0 aromatic heterocycles. The standard InChI is InChI=1S/C18H30N6O4/c19-16-3-1-15(2-4-16)17(24-21)13-22-5-7-26-9-11-28-12-10-27-8-6-23-14-18(20)25/h1-4,13,23H,5-12,14,19,21H2,(H2,20,25)/b22-13?,24-17+. The van der Waals surface area contributed by atoms with Gasteiger partial charge in [0, 0.05) is 24.0 Å². The fraction of sp³-hybridized carbons (Fsp3) is 0.500. The molecule has 1 amide bonds. The molecule has 1 aromatic carbocycles. The molecule has 0 heterocycles. The van der Waals surface area contributed by atoms with Crippen molar-refractivity contribution in [2.75, 3.05) is 65.0 Å². The van der Waals surface area contributed by atoms with Crippen LogP contribution in [-0.4, -0.2) is 77.1 Å². The molecule has 10 heteroatoms. The van der Waals surface area contributed by atoms with Gasteiger partial charge in [0.2, 0.25) is 5.91 Å². The summed E-state index contributed by atoms with van der Waals surface area (Å²) in [6.07, 6.45) is 1.61. The van der Waals surface area contributed by atoms with Gasteiger partial charge in [0.25, 0.3) is 0 Å². The second-order valence-corrected chi connectivity index (χ2v) is 5.65. The van der Waals surface area contributed by atoms with Crippen molar-refractivity contribution in [3.63, 3.8) is 0 Å². The number of hydrazone groups is 1. The van der Waals surface area contributed by atoms with Crippen molar-refractivity contribution in [1.29, 1.82) is 0 Å². The number of hydrogen-bond donors (Lipinski definition) is 4. The van der Waals surface area contributed by atoms with Crippen LogP contribution in [-0.2, 0) is 19.0 Å². The van der Waals surface area contributed by atoms with Crippen LogP contribution in [0.25, 0.3) is 0 Å². The Morgan fingerprint density at radius 1 is 1.00 bits per heavy atom. The Labute approximate surface area is 165 Å². The molecule has 0 radical (unpaired) electrons. The minimum absolute atomic E-state index is 0.156. The number of benzene rings is 1. The van der Waals surface area contributed by atoms with E-state index in [-0.39, 0.29) is 12.5 Å². The molecule has 7 N–H and O–H groups in total. The highest BCUT2D eigenvalue weighted by Crippen LogP contribution is 2.05. The van der Waals surface area contributed by atoms with Crippen molar-refractivity contribution < 1.29 is 19.0 Å². The number of carbonyl (C=O) groups excluding carboxylic acids is 1. The Morgan fingerprint density at radius 2 is 1.61 bits per heavy atom. The minimum atomic E-state index is -0.385. The van der Waals surface area contributed by atoms with E-state index >= 15 is 0 Å². The molecule has 0 spiro atoms. The third-order valence-electron chi connectivity index (χ3n) is 3.39. The number of nitrogens with one attached hydrogen (secondary N) is 1. The van der Waals surface area contributed by atoms with Crippen molar-refractivity contribution in [1.82, 2.24) is 5.32 Å². The van der Waals surface area contributed by atoms with Crippen molar-refractivity contribution in [3.05, 3.63) is 29.8 Å². The highest BCUT2D eigenvalue weighted by Gasteiger charge is 1.99. The van der Waals surface area contributed by atoms with Gasteiger partial charge in [-0.15, -0.1) is 0 Å². The summed E-state index contributed by atoms with van der Waals surface area (Å²) in [5.41, 5.74) is 12.7.